The number of nitrogens with two attached hydrogens (primary N) is 1. The molecule has 0 atom stereocenters. The number of esters is 1. The zero-order valence-electron chi connectivity index (χ0n) is 15.1. The third-order valence-electron chi connectivity index (χ3n) is 3.77. The maximum Gasteiger partial charge on any atom is 0.341 e. The fourth-order valence-electron chi connectivity index (χ4n) is 2.42. The Hall–Kier alpha value is -3.21. The molecule has 27 heavy (non-hydrogen) atoms. The number of anilines is 1. The number of thiophene rings is 1. The van der Waals surface area contributed by atoms with Crippen molar-refractivity contribution in [3.63, 3.8) is 0 Å². The molecular weight excluding hydrogens is 376 g/mol. The Labute approximate surface area is 157 Å². The average molecular weight is 394 g/mol. The van der Waals surface area contributed by atoms with Crippen molar-refractivity contribution >= 4 is 34.1 Å². The molecule has 0 fully saturated rings. The topological polar surface area (TPSA) is 142 Å². The van der Waals surface area contributed by atoms with Gasteiger partial charge in [0.1, 0.15) is 10.6 Å². The number of ether oxygens (including phenoxy) is 1. The molecule has 10 nitrogen and oxygen atoms in total. The summed E-state index contributed by atoms with van der Waals surface area (Å²) in [5, 5.41) is 2.47. The van der Waals surface area contributed by atoms with Gasteiger partial charge in [-0.15, -0.1) is 11.3 Å². The molecule has 0 aliphatic rings. The number of primary amides is 1. The van der Waals surface area contributed by atoms with E-state index in [-0.39, 0.29) is 33.2 Å². The van der Waals surface area contributed by atoms with E-state index in [1.807, 2.05) is 0 Å². The van der Waals surface area contributed by atoms with Crippen molar-refractivity contribution in [1.29, 1.82) is 0 Å². The lowest BCUT2D eigenvalue weighted by atomic mass is 10.1. The first-order valence-corrected chi connectivity index (χ1v) is 8.60. The first-order valence-electron chi connectivity index (χ1n) is 7.78. The standard InChI is InChI=1S/C16H18N4O6S/c1-5-26-15(24)9-7(2)10(11(17)21)27-13(9)18-12(22)8-6-19(3)16(25)20(4)14(8)23/h6H,5H2,1-4H3,(H2,17,21)(H,18,22). The van der Waals surface area contributed by atoms with Crippen LogP contribution in [0, 0.1) is 6.92 Å². The van der Waals surface area contributed by atoms with Gasteiger partial charge in [0.05, 0.1) is 17.0 Å². The predicted molar refractivity (Wildman–Crippen MR) is 98.4 cm³/mol. The fourth-order valence-corrected chi connectivity index (χ4v) is 3.46. The lowest BCUT2D eigenvalue weighted by Gasteiger charge is -2.08. The highest BCUT2D eigenvalue weighted by Gasteiger charge is 2.26. The second-order valence-corrected chi connectivity index (χ2v) is 6.62. The highest BCUT2D eigenvalue weighted by molar-refractivity contribution is 7.18. The van der Waals surface area contributed by atoms with Crippen molar-refractivity contribution < 1.29 is 19.1 Å². The molecule has 0 unspecified atom stereocenters. The minimum absolute atomic E-state index is 0.00866. The van der Waals surface area contributed by atoms with Gasteiger partial charge in [0.2, 0.25) is 0 Å². The van der Waals surface area contributed by atoms with Crippen molar-refractivity contribution in [2.75, 3.05) is 11.9 Å². The summed E-state index contributed by atoms with van der Waals surface area (Å²) in [5.74, 6) is -2.34. The summed E-state index contributed by atoms with van der Waals surface area (Å²) < 4.78 is 6.83. The van der Waals surface area contributed by atoms with Gasteiger partial charge < -0.3 is 20.4 Å². The fraction of sp³-hybridized carbons (Fsp3) is 0.312. The van der Waals surface area contributed by atoms with Gasteiger partial charge in [-0.3, -0.25) is 19.0 Å². The van der Waals surface area contributed by atoms with Gasteiger partial charge in [-0.2, -0.15) is 0 Å². The molecule has 0 saturated heterocycles. The normalized spacial score (nSPS) is 10.5. The van der Waals surface area contributed by atoms with Crippen molar-refractivity contribution in [2.45, 2.75) is 13.8 Å². The van der Waals surface area contributed by atoms with E-state index in [4.69, 9.17) is 10.5 Å². The second kappa shape index (κ2) is 7.58. The monoisotopic (exact) mass is 394 g/mol. The molecule has 0 aliphatic carbocycles. The first kappa shape index (κ1) is 20.1. The Morgan fingerprint density at radius 3 is 2.44 bits per heavy atom. The van der Waals surface area contributed by atoms with Crippen molar-refractivity contribution in [2.24, 2.45) is 19.8 Å². The predicted octanol–water partition coefficient (Wildman–Crippen LogP) is -0.0182. The van der Waals surface area contributed by atoms with Crippen molar-refractivity contribution in [3.8, 4) is 0 Å². The number of amides is 2. The molecule has 0 radical (unpaired) electrons. The van der Waals surface area contributed by atoms with E-state index in [2.05, 4.69) is 5.32 Å². The van der Waals surface area contributed by atoms with Gasteiger partial charge in [0.25, 0.3) is 17.4 Å². The maximum atomic E-state index is 12.6. The number of nitrogens with one attached hydrogen (secondary N) is 1. The summed E-state index contributed by atoms with van der Waals surface area (Å²) in [6, 6.07) is 0. The third kappa shape index (κ3) is 3.67. The molecule has 0 spiro atoms. The van der Waals surface area contributed by atoms with E-state index in [1.54, 1.807) is 6.92 Å². The number of carbonyl (C=O) groups is 3. The molecule has 11 heteroatoms. The van der Waals surface area contributed by atoms with E-state index < -0.39 is 29.0 Å². The van der Waals surface area contributed by atoms with E-state index in [9.17, 15) is 24.0 Å². The number of rotatable bonds is 5. The molecule has 2 aromatic rings. The number of carbonyl (C=O) groups excluding carboxylic acids is 3. The van der Waals surface area contributed by atoms with Crippen LogP contribution in [0.3, 0.4) is 0 Å². The van der Waals surface area contributed by atoms with Gasteiger partial charge in [-0.1, -0.05) is 0 Å². The highest BCUT2D eigenvalue weighted by Crippen LogP contribution is 2.33. The Morgan fingerprint density at radius 1 is 1.26 bits per heavy atom. The molecular formula is C16H18N4O6S. The summed E-state index contributed by atoms with van der Waals surface area (Å²) in [6.45, 7) is 3.21. The van der Waals surface area contributed by atoms with Crippen LogP contribution in [-0.4, -0.2) is 33.5 Å². The van der Waals surface area contributed by atoms with Crippen molar-refractivity contribution in [3.05, 3.63) is 48.6 Å². The smallest absolute Gasteiger partial charge is 0.341 e. The van der Waals surface area contributed by atoms with Gasteiger partial charge in [0.15, 0.2) is 0 Å². The van der Waals surface area contributed by atoms with Gasteiger partial charge >= 0.3 is 11.7 Å². The summed E-state index contributed by atoms with van der Waals surface area (Å²) in [5.41, 5.74) is 3.88. The van der Waals surface area contributed by atoms with Gasteiger partial charge in [-0.05, 0) is 19.4 Å². The average Bonchev–Trinajstić information content (AvgIpc) is 2.92. The Balaban J connectivity index is 2.54. The molecule has 2 amide bonds. The minimum atomic E-state index is -0.839. The molecule has 2 aromatic heterocycles. The zero-order chi connectivity index (χ0) is 20.5. The number of nitrogens with zero attached hydrogens (tertiary/aromatic N) is 2. The molecule has 2 rings (SSSR count). The highest BCUT2D eigenvalue weighted by atomic mass is 32.1. The van der Waals surface area contributed by atoms with Crippen LogP contribution in [0.15, 0.2) is 15.8 Å². The van der Waals surface area contributed by atoms with Crippen LogP contribution in [0.2, 0.25) is 0 Å². The van der Waals surface area contributed by atoms with Gasteiger partial charge in [-0.25, -0.2) is 9.59 Å². The minimum Gasteiger partial charge on any atom is -0.462 e. The summed E-state index contributed by atoms with van der Waals surface area (Å²) in [7, 11) is 2.63. The van der Waals surface area contributed by atoms with E-state index in [0.29, 0.717) is 0 Å². The maximum absolute atomic E-state index is 12.6. The van der Waals surface area contributed by atoms with E-state index in [1.165, 1.54) is 21.0 Å². The van der Waals surface area contributed by atoms with E-state index in [0.717, 1.165) is 26.7 Å². The Kier molecular flexibility index (Phi) is 5.64. The molecule has 0 bridgehead atoms. The third-order valence-corrected chi connectivity index (χ3v) is 4.99. The number of hydrogen-bond donors (Lipinski definition) is 2. The summed E-state index contributed by atoms with van der Waals surface area (Å²) in [4.78, 5) is 60.4. The van der Waals surface area contributed by atoms with Crippen LogP contribution < -0.4 is 22.3 Å². The number of aryl methyl sites for hydroxylation is 1. The summed E-state index contributed by atoms with van der Waals surface area (Å²) in [6.07, 6.45) is 1.10. The number of hydrogen-bond acceptors (Lipinski definition) is 7. The second-order valence-electron chi connectivity index (χ2n) is 5.60. The first-order chi connectivity index (χ1) is 12.6. The molecule has 2 heterocycles. The van der Waals surface area contributed by atoms with Crippen LogP contribution in [-0.2, 0) is 18.8 Å². The molecule has 0 aliphatic heterocycles. The molecule has 0 aromatic carbocycles. The van der Waals surface area contributed by atoms with Crippen LogP contribution in [0.1, 0.15) is 42.9 Å². The molecule has 3 N–H and O–H groups in total. The lowest BCUT2D eigenvalue weighted by molar-refractivity contribution is 0.0527. The summed E-state index contributed by atoms with van der Waals surface area (Å²) >= 11 is 0.804. The Bertz CT molecular complexity index is 1060. The van der Waals surface area contributed by atoms with Crippen LogP contribution in [0.4, 0.5) is 5.00 Å². The molecule has 144 valence electrons. The quantitative estimate of drug-likeness (QED) is 0.683. The zero-order valence-corrected chi connectivity index (χ0v) is 15.9. The van der Waals surface area contributed by atoms with Crippen LogP contribution in [0.5, 0.6) is 0 Å². The Morgan fingerprint density at radius 2 is 1.89 bits per heavy atom. The van der Waals surface area contributed by atoms with Crippen LogP contribution in [0.25, 0.3) is 0 Å². The van der Waals surface area contributed by atoms with Crippen molar-refractivity contribution in [1.82, 2.24) is 9.13 Å². The lowest BCUT2D eigenvalue weighted by Crippen LogP contribution is -2.40. The van der Waals surface area contributed by atoms with Crippen LogP contribution >= 0.6 is 11.3 Å². The SMILES string of the molecule is CCOC(=O)c1c(NC(=O)c2cn(C)c(=O)n(C)c2=O)sc(C(N)=O)c1C. The molecule has 0 saturated carbocycles. The van der Waals surface area contributed by atoms with Gasteiger partial charge in [0, 0.05) is 20.3 Å². The largest absolute Gasteiger partial charge is 0.462 e. The van der Waals surface area contributed by atoms with E-state index >= 15 is 0 Å². The number of aromatic nitrogens is 2.